The van der Waals surface area contributed by atoms with Crippen molar-refractivity contribution in [2.24, 2.45) is 0 Å². The van der Waals surface area contributed by atoms with Crippen LogP contribution >= 0.6 is 0 Å². The van der Waals surface area contributed by atoms with E-state index in [1.165, 1.54) is 16.0 Å². The second kappa shape index (κ2) is 6.29. The van der Waals surface area contributed by atoms with Crippen LogP contribution in [0.15, 0.2) is 18.2 Å². The van der Waals surface area contributed by atoms with Crippen molar-refractivity contribution < 1.29 is 15.0 Å². The third-order valence-electron chi connectivity index (χ3n) is 4.89. The van der Waals surface area contributed by atoms with Crippen molar-refractivity contribution in [3.05, 3.63) is 29.3 Å². The minimum absolute atomic E-state index is 0.206. The highest BCUT2D eigenvalue weighted by atomic mass is 16.4. The van der Waals surface area contributed by atoms with Gasteiger partial charge in [-0.1, -0.05) is 6.07 Å². The van der Waals surface area contributed by atoms with E-state index in [4.69, 9.17) is 0 Å². The summed E-state index contributed by atoms with van der Waals surface area (Å²) >= 11 is 0. The van der Waals surface area contributed by atoms with Gasteiger partial charge in [0.15, 0.2) is 0 Å². The Kier molecular flexibility index (Phi) is 4.96. The van der Waals surface area contributed by atoms with Crippen LogP contribution in [0, 0.1) is 0 Å². The van der Waals surface area contributed by atoms with Gasteiger partial charge in [0, 0.05) is 29.9 Å². The fourth-order valence-corrected chi connectivity index (χ4v) is 3.76. The molecule has 2 N–H and O–H groups in total. The number of benzene rings is 1. The fraction of sp³-hybridized carbons (Fsp3) is 0.650. The van der Waals surface area contributed by atoms with Crippen LogP contribution in [0.5, 0.6) is 0 Å². The lowest BCUT2D eigenvalue weighted by Gasteiger charge is -2.46. The topological polar surface area (TPSA) is 64.0 Å². The number of hydrogen-bond donors (Lipinski definition) is 2. The first kappa shape index (κ1) is 19.7. The molecule has 1 aliphatic heterocycles. The van der Waals surface area contributed by atoms with Gasteiger partial charge in [-0.2, -0.15) is 0 Å². The lowest BCUT2D eigenvalue weighted by Crippen LogP contribution is -2.52. The van der Waals surface area contributed by atoms with Crippen molar-refractivity contribution in [3.8, 4) is 0 Å². The second-order valence-electron chi connectivity index (χ2n) is 9.17. The molecule has 0 radical (unpaired) electrons. The van der Waals surface area contributed by atoms with Crippen molar-refractivity contribution >= 4 is 11.8 Å². The minimum Gasteiger partial charge on any atom is -0.465 e. The third kappa shape index (κ3) is 4.15. The highest BCUT2D eigenvalue weighted by Crippen LogP contribution is 2.38. The molecule has 1 amide bonds. The summed E-state index contributed by atoms with van der Waals surface area (Å²) in [7, 11) is 0. The first-order valence-corrected chi connectivity index (χ1v) is 8.87. The van der Waals surface area contributed by atoms with E-state index < -0.39 is 17.2 Å². The molecule has 0 aliphatic carbocycles. The smallest absolute Gasteiger partial charge is 0.412 e. The molecule has 0 spiro atoms. The number of carboxylic acid groups (broad SMARTS) is 1. The molecular formula is C20H32N2O3. The average molecular weight is 348 g/mol. The van der Waals surface area contributed by atoms with Gasteiger partial charge in [-0.15, -0.1) is 0 Å². The summed E-state index contributed by atoms with van der Waals surface area (Å²) in [6.07, 6.45) is -0.0912. The molecule has 1 aromatic carbocycles. The minimum atomic E-state index is -0.939. The maximum absolute atomic E-state index is 11.7. The Hall–Kier alpha value is -1.59. The van der Waals surface area contributed by atoms with Crippen LogP contribution in [0.2, 0.25) is 0 Å². The number of fused-ring (bicyclic) bond motifs is 1. The molecule has 0 saturated carbocycles. The monoisotopic (exact) mass is 348 g/mol. The van der Waals surface area contributed by atoms with Gasteiger partial charge in [0.05, 0.1) is 5.60 Å². The Bertz CT molecular complexity index is 654. The van der Waals surface area contributed by atoms with E-state index in [9.17, 15) is 15.0 Å². The highest BCUT2D eigenvalue weighted by Gasteiger charge is 2.37. The molecule has 1 aliphatic rings. The molecule has 25 heavy (non-hydrogen) atoms. The maximum atomic E-state index is 11.7. The second-order valence-corrected chi connectivity index (χ2v) is 9.17. The molecular weight excluding hydrogens is 316 g/mol. The average Bonchev–Trinajstić information content (AvgIpc) is 2.38. The SMILES string of the molecule is CC(C)(O)CN1CCc2cc(N(C(=O)O)C(C)(C)C)ccc2C1(C)C. The van der Waals surface area contributed by atoms with Gasteiger partial charge < -0.3 is 10.2 Å². The van der Waals surface area contributed by atoms with E-state index in [1.54, 1.807) is 0 Å². The van der Waals surface area contributed by atoms with Crippen LogP contribution in [0.4, 0.5) is 10.5 Å². The fourth-order valence-electron chi connectivity index (χ4n) is 3.76. The molecule has 1 heterocycles. The molecule has 0 atom stereocenters. The van der Waals surface area contributed by atoms with Gasteiger partial charge >= 0.3 is 6.09 Å². The summed E-state index contributed by atoms with van der Waals surface area (Å²) < 4.78 is 0. The zero-order chi connectivity index (χ0) is 19.2. The van der Waals surface area contributed by atoms with Crippen LogP contribution in [-0.2, 0) is 12.0 Å². The van der Waals surface area contributed by atoms with Crippen molar-refractivity contribution in [2.75, 3.05) is 18.0 Å². The number of β-amino-alcohol motifs (C(OH)–C–C–N with tert-alkyl or cyclic N) is 1. The molecule has 140 valence electrons. The predicted molar refractivity (Wildman–Crippen MR) is 101 cm³/mol. The zero-order valence-electron chi connectivity index (χ0n) is 16.6. The number of aliphatic hydroxyl groups is 1. The number of anilines is 1. The van der Waals surface area contributed by atoms with E-state index in [-0.39, 0.29) is 5.54 Å². The van der Waals surface area contributed by atoms with Gasteiger partial charge in [-0.25, -0.2) is 4.79 Å². The Morgan fingerprint density at radius 1 is 1.24 bits per heavy atom. The number of amides is 1. The summed E-state index contributed by atoms with van der Waals surface area (Å²) in [5, 5.41) is 19.8. The molecule has 0 unspecified atom stereocenters. The van der Waals surface area contributed by atoms with Crippen molar-refractivity contribution in [3.63, 3.8) is 0 Å². The van der Waals surface area contributed by atoms with Crippen LogP contribution in [-0.4, -0.2) is 45.4 Å². The maximum Gasteiger partial charge on any atom is 0.412 e. The van der Waals surface area contributed by atoms with E-state index in [2.05, 4.69) is 18.7 Å². The molecule has 0 fully saturated rings. The molecule has 0 bridgehead atoms. The number of carbonyl (C=O) groups is 1. The van der Waals surface area contributed by atoms with E-state index in [1.807, 2.05) is 52.8 Å². The summed E-state index contributed by atoms with van der Waals surface area (Å²) in [5.41, 5.74) is 1.64. The van der Waals surface area contributed by atoms with Gasteiger partial charge in [0.25, 0.3) is 0 Å². The predicted octanol–water partition coefficient (Wildman–Crippen LogP) is 3.83. The molecule has 0 saturated heterocycles. The lowest BCUT2D eigenvalue weighted by atomic mass is 9.82. The van der Waals surface area contributed by atoms with Crippen molar-refractivity contribution in [2.45, 2.75) is 71.6 Å². The number of nitrogens with zero attached hydrogens (tertiary/aromatic N) is 2. The Labute approximate surface area is 151 Å². The summed E-state index contributed by atoms with van der Waals surface area (Å²) in [6.45, 7) is 15.1. The molecule has 0 aromatic heterocycles. The first-order chi connectivity index (χ1) is 11.2. The molecule has 2 rings (SSSR count). The van der Waals surface area contributed by atoms with Gasteiger partial charge in [0.1, 0.15) is 0 Å². The zero-order valence-corrected chi connectivity index (χ0v) is 16.6. The van der Waals surface area contributed by atoms with Crippen LogP contribution in [0.25, 0.3) is 0 Å². The summed E-state index contributed by atoms with van der Waals surface area (Å²) in [5.74, 6) is 0. The Morgan fingerprint density at radius 2 is 1.84 bits per heavy atom. The van der Waals surface area contributed by atoms with Crippen LogP contribution < -0.4 is 4.90 Å². The first-order valence-electron chi connectivity index (χ1n) is 8.87. The number of hydrogen-bond acceptors (Lipinski definition) is 3. The molecule has 1 aromatic rings. The highest BCUT2D eigenvalue weighted by molar-refractivity contribution is 5.87. The largest absolute Gasteiger partial charge is 0.465 e. The van der Waals surface area contributed by atoms with E-state index in [0.717, 1.165) is 13.0 Å². The molecule has 5 nitrogen and oxygen atoms in total. The quantitative estimate of drug-likeness (QED) is 0.871. The van der Waals surface area contributed by atoms with Crippen LogP contribution in [0.3, 0.4) is 0 Å². The Balaban J connectivity index is 2.41. The summed E-state index contributed by atoms with van der Waals surface area (Å²) in [6, 6.07) is 5.95. The van der Waals surface area contributed by atoms with Gasteiger partial charge in [0.2, 0.25) is 0 Å². The molecule has 5 heteroatoms. The van der Waals surface area contributed by atoms with Crippen molar-refractivity contribution in [1.82, 2.24) is 4.90 Å². The lowest BCUT2D eigenvalue weighted by molar-refractivity contribution is -0.00739. The summed E-state index contributed by atoms with van der Waals surface area (Å²) in [4.78, 5) is 15.5. The Morgan fingerprint density at radius 3 is 2.32 bits per heavy atom. The van der Waals surface area contributed by atoms with Crippen LogP contribution in [0.1, 0.15) is 59.6 Å². The van der Waals surface area contributed by atoms with Crippen molar-refractivity contribution in [1.29, 1.82) is 0 Å². The third-order valence-corrected chi connectivity index (χ3v) is 4.89. The van der Waals surface area contributed by atoms with Gasteiger partial charge in [-0.3, -0.25) is 9.80 Å². The number of rotatable bonds is 3. The normalized spacial score (nSPS) is 17.9. The van der Waals surface area contributed by atoms with E-state index in [0.29, 0.717) is 12.2 Å². The standard InChI is InChI=1S/C20H32N2O3/c1-18(2,3)22(17(23)24)15-8-9-16-14(12-15)10-11-21(20(16,6)7)13-19(4,5)25/h8-9,12,25H,10-11,13H2,1-7H3,(H,23,24). The van der Waals surface area contributed by atoms with Gasteiger partial charge in [-0.05, 0) is 78.1 Å². The van der Waals surface area contributed by atoms with E-state index >= 15 is 0 Å².